The maximum Gasteiger partial charge on any atom is 0.240 e. The average molecular weight is 315 g/mol. The summed E-state index contributed by atoms with van der Waals surface area (Å²) in [5.74, 6) is -0.616. The predicted octanol–water partition coefficient (Wildman–Crippen LogP) is 1.56. The zero-order valence-electron chi connectivity index (χ0n) is 12.2. The van der Waals surface area contributed by atoms with Gasteiger partial charge in [-0.05, 0) is 38.1 Å². The first-order chi connectivity index (χ1) is 9.90. The fourth-order valence-electron chi connectivity index (χ4n) is 2.66. The lowest BCUT2D eigenvalue weighted by molar-refractivity contribution is 0.250. The third-order valence-corrected chi connectivity index (χ3v) is 5.44. The number of nitrogens with one attached hydrogen (secondary N) is 1. The number of hydrogen-bond acceptors (Lipinski definition) is 4. The van der Waals surface area contributed by atoms with Gasteiger partial charge in [-0.25, -0.2) is 17.5 Å². The van der Waals surface area contributed by atoms with Crippen LogP contribution in [-0.4, -0.2) is 39.5 Å². The maximum absolute atomic E-state index is 13.1. The summed E-state index contributed by atoms with van der Waals surface area (Å²) in [4.78, 5) is 2.18. The zero-order chi connectivity index (χ0) is 15.5. The van der Waals surface area contributed by atoms with Crippen molar-refractivity contribution in [3.05, 3.63) is 24.0 Å². The molecule has 2 rings (SSSR count). The van der Waals surface area contributed by atoms with Crippen LogP contribution in [0.3, 0.4) is 0 Å². The fourth-order valence-corrected chi connectivity index (χ4v) is 3.71. The maximum atomic E-state index is 13.1. The predicted molar refractivity (Wildman–Crippen MR) is 80.9 cm³/mol. The lowest BCUT2D eigenvalue weighted by Crippen LogP contribution is -2.37. The lowest BCUT2D eigenvalue weighted by atomic mass is 10.2. The molecule has 0 aromatic heterocycles. The van der Waals surface area contributed by atoms with Crippen LogP contribution in [0.1, 0.15) is 25.7 Å². The molecule has 0 amide bonds. The largest absolute Gasteiger partial charge is 0.396 e. The number of hydrogen-bond donors (Lipinski definition) is 2. The Kier molecular flexibility index (Phi) is 5.18. The zero-order valence-corrected chi connectivity index (χ0v) is 13.0. The molecule has 3 N–H and O–H groups in total. The van der Waals surface area contributed by atoms with Crippen LogP contribution in [0.5, 0.6) is 0 Å². The highest BCUT2D eigenvalue weighted by Crippen LogP contribution is 2.22. The van der Waals surface area contributed by atoms with Crippen LogP contribution in [0, 0.1) is 5.82 Å². The van der Waals surface area contributed by atoms with E-state index in [9.17, 15) is 12.8 Å². The van der Waals surface area contributed by atoms with Crippen LogP contribution >= 0.6 is 0 Å². The Morgan fingerprint density at radius 2 is 2.05 bits per heavy atom. The van der Waals surface area contributed by atoms with E-state index in [2.05, 4.69) is 9.62 Å². The molecule has 1 fully saturated rings. The molecule has 5 nitrogen and oxygen atoms in total. The van der Waals surface area contributed by atoms with Gasteiger partial charge < -0.3 is 10.6 Å². The summed E-state index contributed by atoms with van der Waals surface area (Å²) < 4.78 is 39.8. The van der Waals surface area contributed by atoms with Crippen molar-refractivity contribution in [3.8, 4) is 0 Å². The molecule has 0 atom stereocenters. The SMILES string of the molecule is CN(CCNS(=O)(=O)c1ccc(F)c(N)c1)C1CCCC1. The van der Waals surface area contributed by atoms with Crippen molar-refractivity contribution in [2.75, 3.05) is 25.9 Å². The smallest absolute Gasteiger partial charge is 0.240 e. The Hall–Kier alpha value is -1.18. The molecular formula is C14H22FN3O2S. The van der Waals surface area contributed by atoms with Gasteiger partial charge in [0.2, 0.25) is 10.0 Å². The van der Waals surface area contributed by atoms with E-state index < -0.39 is 15.8 Å². The second-order valence-corrected chi connectivity index (χ2v) is 7.27. The van der Waals surface area contributed by atoms with Crippen molar-refractivity contribution in [2.24, 2.45) is 0 Å². The van der Waals surface area contributed by atoms with Crippen LogP contribution in [0.25, 0.3) is 0 Å². The first-order valence-electron chi connectivity index (χ1n) is 7.15. The van der Waals surface area contributed by atoms with Crippen molar-refractivity contribution >= 4 is 15.7 Å². The minimum Gasteiger partial charge on any atom is -0.396 e. The molecule has 0 unspecified atom stereocenters. The summed E-state index contributed by atoms with van der Waals surface area (Å²) in [7, 11) is -1.63. The molecular weight excluding hydrogens is 293 g/mol. The number of anilines is 1. The Morgan fingerprint density at radius 3 is 2.67 bits per heavy atom. The normalized spacial score (nSPS) is 16.7. The third kappa shape index (κ3) is 4.15. The Morgan fingerprint density at radius 1 is 1.38 bits per heavy atom. The van der Waals surface area contributed by atoms with Crippen molar-refractivity contribution in [3.63, 3.8) is 0 Å². The van der Waals surface area contributed by atoms with Gasteiger partial charge in [-0.2, -0.15) is 0 Å². The highest BCUT2D eigenvalue weighted by molar-refractivity contribution is 7.89. The summed E-state index contributed by atoms with van der Waals surface area (Å²) in [5.41, 5.74) is 5.24. The van der Waals surface area contributed by atoms with Crippen molar-refractivity contribution < 1.29 is 12.8 Å². The monoisotopic (exact) mass is 315 g/mol. The molecule has 1 saturated carbocycles. The summed E-state index contributed by atoms with van der Waals surface area (Å²) in [6.45, 7) is 0.979. The van der Waals surface area contributed by atoms with Gasteiger partial charge in [0, 0.05) is 19.1 Å². The van der Waals surface area contributed by atoms with Gasteiger partial charge in [0.05, 0.1) is 10.6 Å². The van der Waals surface area contributed by atoms with E-state index in [0.29, 0.717) is 19.1 Å². The number of nitrogens with two attached hydrogens (primary N) is 1. The van der Waals surface area contributed by atoms with Gasteiger partial charge in [-0.15, -0.1) is 0 Å². The van der Waals surface area contributed by atoms with E-state index in [-0.39, 0.29) is 10.6 Å². The van der Waals surface area contributed by atoms with Gasteiger partial charge in [0.15, 0.2) is 0 Å². The number of nitrogen functional groups attached to an aromatic ring is 1. The molecule has 0 saturated heterocycles. The van der Waals surface area contributed by atoms with Gasteiger partial charge in [0.1, 0.15) is 5.82 Å². The molecule has 0 aliphatic heterocycles. The van der Waals surface area contributed by atoms with Crippen LogP contribution < -0.4 is 10.5 Å². The van der Waals surface area contributed by atoms with Crippen LogP contribution in [0.15, 0.2) is 23.1 Å². The average Bonchev–Trinajstić information content (AvgIpc) is 2.95. The van der Waals surface area contributed by atoms with Gasteiger partial charge in [-0.3, -0.25) is 0 Å². The number of benzene rings is 1. The number of likely N-dealkylation sites (N-methyl/N-ethyl adjacent to an activating group) is 1. The Labute approximate surface area is 125 Å². The van der Waals surface area contributed by atoms with Gasteiger partial charge in [0.25, 0.3) is 0 Å². The van der Waals surface area contributed by atoms with E-state index in [4.69, 9.17) is 5.73 Å². The van der Waals surface area contributed by atoms with Crippen molar-refractivity contribution in [1.82, 2.24) is 9.62 Å². The van der Waals surface area contributed by atoms with E-state index in [1.54, 1.807) is 0 Å². The first-order valence-corrected chi connectivity index (χ1v) is 8.63. The molecule has 0 radical (unpaired) electrons. The molecule has 0 heterocycles. The molecule has 1 aliphatic carbocycles. The molecule has 7 heteroatoms. The minimum absolute atomic E-state index is 0.00933. The molecule has 0 spiro atoms. The molecule has 118 valence electrons. The first kappa shape index (κ1) is 16.2. The van der Waals surface area contributed by atoms with E-state index >= 15 is 0 Å². The molecule has 1 aliphatic rings. The Balaban J connectivity index is 1.90. The standard InChI is InChI=1S/C14H22FN3O2S/c1-18(11-4-2-3-5-11)9-8-17-21(19,20)12-6-7-13(15)14(16)10-12/h6-7,10-11,17H,2-5,8-9,16H2,1H3. The second kappa shape index (κ2) is 6.72. The van der Waals surface area contributed by atoms with Crippen molar-refractivity contribution in [1.29, 1.82) is 0 Å². The topological polar surface area (TPSA) is 75.4 Å². The van der Waals surface area contributed by atoms with E-state index in [1.807, 2.05) is 7.05 Å². The third-order valence-electron chi connectivity index (χ3n) is 3.98. The van der Waals surface area contributed by atoms with Crippen molar-refractivity contribution in [2.45, 2.75) is 36.6 Å². The van der Waals surface area contributed by atoms with E-state index in [1.165, 1.54) is 31.7 Å². The molecule has 21 heavy (non-hydrogen) atoms. The fraction of sp³-hybridized carbons (Fsp3) is 0.571. The van der Waals surface area contributed by atoms with E-state index in [0.717, 1.165) is 12.1 Å². The van der Waals surface area contributed by atoms with Crippen LogP contribution in [0.2, 0.25) is 0 Å². The lowest BCUT2D eigenvalue weighted by Gasteiger charge is -2.23. The summed E-state index contributed by atoms with van der Waals surface area (Å²) in [5, 5.41) is 0. The summed E-state index contributed by atoms with van der Waals surface area (Å²) in [6, 6.07) is 3.97. The molecule has 1 aromatic carbocycles. The van der Waals surface area contributed by atoms with Crippen LogP contribution in [-0.2, 0) is 10.0 Å². The quantitative estimate of drug-likeness (QED) is 0.781. The highest BCUT2D eigenvalue weighted by Gasteiger charge is 2.20. The summed E-state index contributed by atoms with van der Waals surface area (Å²) >= 11 is 0. The summed E-state index contributed by atoms with van der Waals surface area (Å²) in [6.07, 6.45) is 4.85. The van der Waals surface area contributed by atoms with Gasteiger partial charge in [-0.1, -0.05) is 12.8 Å². The second-order valence-electron chi connectivity index (χ2n) is 5.50. The highest BCUT2D eigenvalue weighted by atomic mass is 32.2. The molecule has 0 bridgehead atoms. The van der Waals surface area contributed by atoms with Crippen LogP contribution in [0.4, 0.5) is 10.1 Å². The Bertz CT molecular complexity index is 586. The molecule has 1 aromatic rings. The van der Waals surface area contributed by atoms with Gasteiger partial charge >= 0.3 is 0 Å². The number of rotatable bonds is 6. The number of halogens is 1. The minimum atomic E-state index is -3.64. The number of nitrogens with zero attached hydrogens (tertiary/aromatic N) is 1. The number of sulfonamides is 1.